The van der Waals surface area contributed by atoms with E-state index < -0.39 is 6.09 Å². The van der Waals surface area contributed by atoms with Crippen molar-refractivity contribution in [3.05, 3.63) is 34.4 Å². The van der Waals surface area contributed by atoms with Crippen molar-refractivity contribution in [3.63, 3.8) is 0 Å². The summed E-state index contributed by atoms with van der Waals surface area (Å²) in [5.41, 5.74) is 0.674. The highest BCUT2D eigenvalue weighted by Crippen LogP contribution is 2.33. The van der Waals surface area contributed by atoms with Gasteiger partial charge in [-0.25, -0.2) is 4.79 Å². The van der Waals surface area contributed by atoms with Crippen LogP contribution in [-0.4, -0.2) is 30.1 Å². The van der Waals surface area contributed by atoms with E-state index in [0.29, 0.717) is 5.56 Å². The van der Waals surface area contributed by atoms with E-state index in [4.69, 9.17) is 26.7 Å². The molecule has 1 amide bonds. The van der Waals surface area contributed by atoms with E-state index in [1.54, 1.807) is 0 Å². The van der Waals surface area contributed by atoms with E-state index in [1.165, 1.54) is 19.1 Å². The number of carbonyl (C=O) groups is 2. The van der Waals surface area contributed by atoms with Gasteiger partial charge in [-0.1, -0.05) is 24.3 Å². The lowest BCUT2D eigenvalue weighted by Crippen LogP contribution is -2.26. The second-order valence-electron chi connectivity index (χ2n) is 3.98. The maximum Gasteiger partial charge on any atom is 0.404 e. The van der Waals surface area contributed by atoms with Crippen molar-refractivity contribution in [3.8, 4) is 11.8 Å². The topological polar surface area (TPSA) is 99.4 Å². The van der Waals surface area contributed by atoms with Crippen molar-refractivity contribution in [2.75, 3.05) is 13.2 Å². The number of benzene rings is 1. The first-order chi connectivity index (χ1) is 9.92. The molecule has 0 radical (unpaired) electrons. The zero-order valence-electron chi connectivity index (χ0n) is 11.3. The van der Waals surface area contributed by atoms with Crippen LogP contribution in [0, 0.1) is 11.3 Å². The molecule has 0 aliphatic heterocycles. The van der Waals surface area contributed by atoms with E-state index in [1.807, 2.05) is 6.07 Å². The van der Waals surface area contributed by atoms with Crippen LogP contribution < -0.4 is 10.1 Å². The van der Waals surface area contributed by atoms with Gasteiger partial charge in [0.1, 0.15) is 18.4 Å². The summed E-state index contributed by atoms with van der Waals surface area (Å²) < 4.78 is 5.44. The number of Topliss-reactive ketones (excluding diaryl/α,β-unsaturated/α-hetero) is 1. The lowest BCUT2D eigenvalue weighted by atomic mass is 10.0. The zero-order valence-corrected chi connectivity index (χ0v) is 12.0. The van der Waals surface area contributed by atoms with E-state index >= 15 is 0 Å². The summed E-state index contributed by atoms with van der Waals surface area (Å²) in [7, 11) is 0. The van der Waals surface area contributed by atoms with Crippen molar-refractivity contribution < 1.29 is 19.4 Å². The summed E-state index contributed by atoms with van der Waals surface area (Å²) in [5.74, 6) is -0.115. The van der Waals surface area contributed by atoms with E-state index in [2.05, 4.69) is 11.9 Å². The van der Waals surface area contributed by atoms with Crippen LogP contribution in [0.15, 0.2) is 12.6 Å². The Hall–Kier alpha value is -2.52. The minimum atomic E-state index is -1.18. The second-order valence-corrected chi connectivity index (χ2v) is 4.38. The molecule has 0 heterocycles. The van der Waals surface area contributed by atoms with Crippen molar-refractivity contribution in [2.24, 2.45) is 0 Å². The number of nitrogens with one attached hydrogen (secondary N) is 1. The van der Waals surface area contributed by atoms with Gasteiger partial charge in [0.05, 0.1) is 22.7 Å². The number of carboxylic acid groups (broad SMARTS) is 1. The molecule has 0 saturated carbocycles. The lowest BCUT2D eigenvalue weighted by molar-refractivity contribution is 0.101. The van der Waals surface area contributed by atoms with Crippen molar-refractivity contribution in [2.45, 2.75) is 6.92 Å². The largest absolute Gasteiger partial charge is 0.490 e. The number of nitriles is 1. The molecule has 0 saturated heterocycles. The summed E-state index contributed by atoms with van der Waals surface area (Å²) in [6.07, 6.45) is 0.194. The molecule has 1 aromatic carbocycles. The third-order valence-electron chi connectivity index (χ3n) is 2.59. The van der Waals surface area contributed by atoms with Gasteiger partial charge in [-0.3, -0.25) is 4.79 Å². The smallest absolute Gasteiger partial charge is 0.404 e. The molecule has 21 heavy (non-hydrogen) atoms. The SMILES string of the molecule is C=Cc1c(C#N)c(Cl)cc(C(C)=O)c1OCCNC(=O)O. The molecule has 0 bridgehead atoms. The summed E-state index contributed by atoms with van der Waals surface area (Å²) in [4.78, 5) is 22.0. The number of amides is 1. The second kappa shape index (κ2) is 7.31. The van der Waals surface area contributed by atoms with Gasteiger partial charge in [0, 0.05) is 5.56 Å². The number of rotatable bonds is 6. The van der Waals surface area contributed by atoms with E-state index in [-0.39, 0.29) is 40.8 Å². The number of carbonyl (C=O) groups excluding carboxylic acids is 1. The molecule has 7 heteroatoms. The highest BCUT2D eigenvalue weighted by Gasteiger charge is 2.19. The first kappa shape index (κ1) is 16.5. The van der Waals surface area contributed by atoms with Crippen LogP contribution >= 0.6 is 11.6 Å². The van der Waals surface area contributed by atoms with Crippen LogP contribution in [0.1, 0.15) is 28.4 Å². The normalized spacial score (nSPS) is 9.57. The molecule has 0 fully saturated rings. The van der Waals surface area contributed by atoms with Crippen molar-refractivity contribution >= 4 is 29.6 Å². The van der Waals surface area contributed by atoms with Crippen LogP contribution in [0.2, 0.25) is 5.02 Å². The van der Waals surface area contributed by atoms with Crippen LogP contribution in [0.25, 0.3) is 6.08 Å². The molecule has 0 atom stereocenters. The Kier molecular flexibility index (Phi) is 5.76. The van der Waals surface area contributed by atoms with Gasteiger partial charge in [-0.15, -0.1) is 0 Å². The van der Waals surface area contributed by atoms with Gasteiger partial charge >= 0.3 is 6.09 Å². The molecule has 110 valence electrons. The number of hydrogen-bond donors (Lipinski definition) is 2. The number of ether oxygens (including phenoxy) is 1. The standard InChI is InChI=1S/C14H13ClN2O4/c1-3-9-11(7-16)12(15)6-10(8(2)18)13(9)21-5-4-17-14(19)20/h3,6,17H,1,4-5H2,2H3,(H,19,20). The van der Waals surface area contributed by atoms with Crippen LogP contribution in [-0.2, 0) is 0 Å². The van der Waals surface area contributed by atoms with Crippen molar-refractivity contribution in [1.29, 1.82) is 5.26 Å². The molecule has 0 aromatic heterocycles. The van der Waals surface area contributed by atoms with Gasteiger partial charge in [0.2, 0.25) is 0 Å². The summed E-state index contributed by atoms with van der Waals surface area (Å²) in [6.45, 7) is 4.96. The van der Waals surface area contributed by atoms with Gasteiger partial charge in [-0.2, -0.15) is 5.26 Å². The van der Waals surface area contributed by atoms with Gasteiger partial charge in [0.25, 0.3) is 0 Å². The van der Waals surface area contributed by atoms with E-state index in [0.717, 1.165) is 0 Å². The molecular weight excluding hydrogens is 296 g/mol. The monoisotopic (exact) mass is 308 g/mol. The fourth-order valence-electron chi connectivity index (χ4n) is 1.69. The maximum atomic E-state index is 11.7. The summed E-state index contributed by atoms with van der Waals surface area (Å²) in [5, 5.41) is 19.9. The molecular formula is C14H13ClN2O4. The summed E-state index contributed by atoms with van der Waals surface area (Å²) >= 11 is 5.96. The number of halogens is 1. The highest BCUT2D eigenvalue weighted by atomic mass is 35.5. The number of hydrogen-bond acceptors (Lipinski definition) is 4. The fraction of sp³-hybridized carbons (Fsp3) is 0.214. The van der Waals surface area contributed by atoms with Crippen LogP contribution in [0.4, 0.5) is 4.79 Å². The van der Waals surface area contributed by atoms with Gasteiger partial charge < -0.3 is 15.2 Å². The number of ketones is 1. The Morgan fingerprint density at radius 1 is 1.62 bits per heavy atom. The average molecular weight is 309 g/mol. The molecule has 6 nitrogen and oxygen atoms in total. The first-order valence-corrected chi connectivity index (χ1v) is 6.29. The molecule has 0 spiro atoms. The molecule has 0 aliphatic carbocycles. The number of nitrogens with zero attached hydrogens (tertiary/aromatic N) is 1. The lowest BCUT2D eigenvalue weighted by Gasteiger charge is -2.15. The maximum absolute atomic E-state index is 11.7. The van der Waals surface area contributed by atoms with Crippen LogP contribution in [0.3, 0.4) is 0 Å². The molecule has 0 unspecified atom stereocenters. The predicted octanol–water partition coefficient (Wildman–Crippen LogP) is 2.70. The first-order valence-electron chi connectivity index (χ1n) is 5.92. The zero-order chi connectivity index (χ0) is 16.0. The fourth-order valence-corrected chi connectivity index (χ4v) is 1.94. The third-order valence-corrected chi connectivity index (χ3v) is 2.89. The summed E-state index contributed by atoms with van der Waals surface area (Å²) in [6, 6.07) is 3.28. The van der Waals surface area contributed by atoms with Gasteiger partial charge in [0.15, 0.2) is 5.78 Å². The van der Waals surface area contributed by atoms with Gasteiger partial charge in [-0.05, 0) is 13.0 Å². The minimum Gasteiger partial charge on any atom is -0.490 e. The third kappa shape index (κ3) is 3.97. The Morgan fingerprint density at radius 3 is 2.76 bits per heavy atom. The Balaban J connectivity index is 3.20. The van der Waals surface area contributed by atoms with Crippen molar-refractivity contribution in [1.82, 2.24) is 5.32 Å². The molecule has 2 N–H and O–H groups in total. The Labute approximate surface area is 126 Å². The molecule has 1 rings (SSSR count). The Bertz CT molecular complexity index is 635. The van der Waals surface area contributed by atoms with E-state index in [9.17, 15) is 9.59 Å². The quantitative estimate of drug-likeness (QED) is 0.621. The predicted molar refractivity (Wildman–Crippen MR) is 77.8 cm³/mol. The molecule has 0 aliphatic rings. The Morgan fingerprint density at radius 2 is 2.29 bits per heavy atom. The highest BCUT2D eigenvalue weighted by molar-refractivity contribution is 6.32. The van der Waals surface area contributed by atoms with Crippen LogP contribution in [0.5, 0.6) is 5.75 Å². The molecule has 1 aromatic rings. The average Bonchev–Trinajstić information content (AvgIpc) is 2.42. The minimum absolute atomic E-state index is 0.0000784.